The first-order valence-electron chi connectivity index (χ1n) is 3.80. The SMILES string of the molecule is NC1(CC(C(F)F)C(F)F)CC1. The van der Waals surface area contributed by atoms with Crippen LogP contribution in [0.2, 0.25) is 0 Å². The molecule has 0 aromatic carbocycles. The molecule has 0 radical (unpaired) electrons. The summed E-state index contributed by atoms with van der Waals surface area (Å²) in [5, 5.41) is 0. The molecule has 72 valence electrons. The zero-order chi connectivity index (χ0) is 9.35. The van der Waals surface area contributed by atoms with Gasteiger partial charge in [0.25, 0.3) is 0 Å². The van der Waals surface area contributed by atoms with Gasteiger partial charge in [-0.3, -0.25) is 0 Å². The van der Waals surface area contributed by atoms with Crippen molar-refractivity contribution in [1.82, 2.24) is 0 Å². The standard InChI is InChI=1S/C7H11F4N/c8-5(9)4(6(10)11)3-7(12)1-2-7/h4-6H,1-3,12H2. The van der Waals surface area contributed by atoms with Crippen molar-refractivity contribution in [3.8, 4) is 0 Å². The molecule has 1 aliphatic rings. The summed E-state index contributed by atoms with van der Waals surface area (Å²) >= 11 is 0. The topological polar surface area (TPSA) is 26.0 Å². The zero-order valence-electron chi connectivity index (χ0n) is 6.44. The van der Waals surface area contributed by atoms with Crippen molar-refractivity contribution in [3.63, 3.8) is 0 Å². The highest BCUT2D eigenvalue weighted by atomic mass is 19.3. The fourth-order valence-corrected chi connectivity index (χ4v) is 1.12. The summed E-state index contributed by atoms with van der Waals surface area (Å²) in [6.07, 6.45) is -5.02. The third kappa shape index (κ3) is 2.33. The van der Waals surface area contributed by atoms with E-state index in [0.717, 1.165) is 0 Å². The first-order valence-corrected chi connectivity index (χ1v) is 3.80. The fourth-order valence-electron chi connectivity index (χ4n) is 1.12. The third-order valence-corrected chi connectivity index (χ3v) is 2.18. The lowest BCUT2D eigenvalue weighted by Gasteiger charge is -2.18. The minimum absolute atomic E-state index is 0.262. The summed E-state index contributed by atoms with van der Waals surface area (Å²) < 4.78 is 47.9. The van der Waals surface area contributed by atoms with Gasteiger partial charge in [-0.1, -0.05) is 0 Å². The molecule has 12 heavy (non-hydrogen) atoms. The van der Waals surface area contributed by atoms with Crippen molar-refractivity contribution in [3.05, 3.63) is 0 Å². The summed E-state index contributed by atoms with van der Waals surface area (Å²) in [4.78, 5) is 0. The van der Waals surface area contributed by atoms with Gasteiger partial charge in [0, 0.05) is 5.54 Å². The van der Waals surface area contributed by atoms with Gasteiger partial charge in [-0.25, -0.2) is 17.6 Å². The Hall–Kier alpha value is -0.320. The molecule has 0 amide bonds. The maximum absolute atomic E-state index is 12.0. The molecule has 0 heterocycles. The Balaban J connectivity index is 2.43. The quantitative estimate of drug-likeness (QED) is 0.666. The molecule has 0 bridgehead atoms. The molecule has 2 N–H and O–H groups in total. The second-order valence-corrected chi connectivity index (χ2v) is 3.40. The lowest BCUT2D eigenvalue weighted by atomic mass is 10.00. The van der Waals surface area contributed by atoms with E-state index in [9.17, 15) is 17.6 Å². The van der Waals surface area contributed by atoms with Gasteiger partial charge in [0.15, 0.2) is 0 Å². The normalized spacial score (nSPS) is 21.0. The average Bonchev–Trinajstić information content (AvgIpc) is 2.63. The molecule has 1 fully saturated rings. The highest BCUT2D eigenvalue weighted by molar-refractivity contribution is 5.00. The van der Waals surface area contributed by atoms with Gasteiger partial charge in [0.05, 0.1) is 5.92 Å². The summed E-state index contributed by atoms with van der Waals surface area (Å²) in [7, 11) is 0. The van der Waals surface area contributed by atoms with Gasteiger partial charge in [0.2, 0.25) is 12.9 Å². The second kappa shape index (κ2) is 3.20. The van der Waals surface area contributed by atoms with E-state index >= 15 is 0 Å². The van der Waals surface area contributed by atoms with E-state index in [1.54, 1.807) is 0 Å². The summed E-state index contributed by atoms with van der Waals surface area (Å²) in [5.74, 6) is -1.85. The predicted octanol–water partition coefficient (Wildman–Crippen LogP) is 2.01. The van der Waals surface area contributed by atoms with Crippen molar-refractivity contribution in [2.24, 2.45) is 11.7 Å². The predicted molar refractivity (Wildman–Crippen MR) is 36.3 cm³/mol. The van der Waals surface area contributed by atoms with E-state index in [-0.39, 0.29) is 6.42 Å². The van der Waals surface area contributed by atoms with Crippen molar-refractivity contribution in [2.45, 2.75) is 37.7 Å². The second-order valence-electron chi connectivity index (χ2n) is 3.40. The van der Waals surface area contributed by atoms with Crippen LogP contribution >= 0.6 is 0 Å². The van der Waals surface area contributed by atoms with Crippen LogP contribution in [-0.2, 0) is 0 Å². The largest absolute Gasteiger partial charge is 0.325 e. The van der Waals surface area contributed by atoms with Gasteiger partial charge in [-0.2, -0.15) is 0 Å². The van der Waals surface area contributed by atoms with Gasteiger partial charge >= 0.3 is 0 Å². The lowest BCUT2D eigenvalue weighted by molar-refractivity contribution is -0.0346. The van der Waals surface area contributed by atoms with Crippen LogP contribution in [0.25, 0.3) is 0 Å². The molecule has 0 aliphatic heterocycles. The Labute approximate surface area is 67.9 Å². The van der Waals surface area contributed by atoms with Gasteiger partial charge in [0.1, 0.15) is 0 Å². The summed E-state index contributed by atoms with van der Waals surface area (Å²) in [5.41, 5.74) is 4.73. The van der Waals surface area contributed by atoms with Crippen LogP contribution in [0, 0.1) is 5.92 Å². The Morgan fingerprint density at radius 2 is 1.50 bits per heavy atom. The maximum atomic E-state index is 12.0. The Bertz CT molecular complexity index is 147. The van der Waals surface area contributed by atoms with Crippen molar-refractivity contribution in [1.29, 1.82) is 0 Å². The number of halogens is 4. The number of rotatable bonds is 4. The van der Waals surface area contributed by atoms with E-state index in [1.165, 1.54) is 0 Å². The average molecular weight is 185 g/mol. The van der Waals surface area contributed by atoms with Gasteiger partial charge in [-0.15, -0.1) is 0 Å². The first-order chi connectivity index (χ1) is 5.44. The summed E-state index contributed by atoms with van der Waals surface area (Å²) in [6, 6.07) is 0. The number of hydrogen-bond donors (Lipinski definition) is 1. The van der Waals surface area contributed by atoms with Crippen molar-refractivity contribution < 1.29 is 17.6 Å². The third-order valence-electron chi connectivity index (χ3n) is 2.18. The molecule has 0 unspecified atom stereocenters. The monoisotopic (exact) mass is 185 g/mol. The van der Waals surface area contributed by atoms with E-state index in [1.807, 2.05) is 0 Å². The van der Waals surface area contributed by atoms with Crippen LogP contribution in [0.5, 0.6) is 0 Å². The summed E-state index contributed by atoms with van der Waals surface area (Å²) in [6.45, 7) is 0. The molecule has 0 saturated heterocycles. The van der Waals surface area contributed by atoms with Crippen LogP contribution in [-0.4, -0.2) is 18.4 Å². The molecule has 1 aliphatic carbocycles. The lowest BCUT2D eigenvalue weighted by Crippen LogP contribution is -2.32. The van der Waals surface area contributed by atoms with E-state index < -0.39 is 24.3 Å². The van der Waals surface area contributed by atoms with Crippen molar-refractivity contribution >= 4 is 0 Å². The highest BCUT2D eigenvalue weighted by Gasteiger charge is 2.44. The van der Waals surface area contributed by atoms with Crippen LogP contribution in [0.15, 0.2) is 0 Å². The van der Waals surface area contributed by atoms with Crippen LogP contribution < -0.4 is 5.73 Å². The van der Waals surface area contributed by atoms with Crippen LogP contribution in [0.1, 0.15) is 19.3 Å². The molecular formula is C7H11F4N. The number of hydrogen-bond acceptors (Lipinski definition) is 1. The van der Waals surface area contributed by atoms with Crippen LogP contribution in [0.4, 0.5) is 17.6 Å². The minimum Gasteiger partial charge on any atom is -0.325 e. The molecular weight excluding hydrogens is 174 g/mol. The molecule has 0 aromatic rings. The maximum Gasteiger partial charge on any atom is 0.246 e. The van der Waals surface area contributed by atoms with Gasteiger partial charge < -0.3 is 5.73 Å². The first kappa shape index (κ1) is 9.77. The molecule has 0 aromatic heterocycles. The minimum atomic E-state index is -2.97. The van der Waals surface area contributed by atoms with E-state index in [2.05, 4.69) is 0 Å². The Morgan fingerprint density at radius 3 is 1.75 bits per heavy atom. The van der Waals surface area contributed by atoms with E-state index in [4.69, 9.17) is 5.73 Å². The fraction of sp³-hybridized carbons (Fsp3) is 1.00. The molecule has 1 nitrogen and oxygen atoms in total. The van der Waals surface area contributed by atoms with Gasteiger partial charge in [-0.05, 0) is 19.3 Å². The molecule has 0 atom stereocenters. The zero-order valence-corrected chi connectivity index (χ0v) is 6.44. The number of alkyl halides is 4. The Kier molecular flexibility index (Phi) is 2.61. The molecule has 0 spiro atoms. The molecule has 1 saturated carbocycles. The number of nitrogens with two attached hydrogens (primary N) is 1. The Morgan fingerprint density at radius 1 is 1.08 bits per heavy atom. The van der Waals surface area contributed by atoms with E-state index in [0.29, 0.717) is 12.8 Å². The van der Waals surface area contributed by atoms with Crippen LogP contribution in [0.3, 0.4) is 0 Å². The molecule has 5 heteroatoms. The molecule has 1 rings (SSSR count). The highest BCUT2D eigenvalue weighted by Crippen LogP contribution is 2.41. The smallest absolute Gasteiger partial charge is 0.246 e. The van der Waals surface area contributed by atoms with Crippen molar-refractivity contribution in [2.75, 3.05) is 0 Å².